The normalized spacial score (nSPS) is 15.5. The summed E-state index contributed by atoms with van der Waals surface area (Å²) in [5.41, 5.74) is 3.89. The Morgan fingerprint density at radius 2 is 2.03 bits per heavy atom. The zero-order valence-electron chi connectivity index (χ0n) is 21.5. The number of benzene rings is 2. The molecule has 2 N–H and O–H groups in total. The van der Waals surface area contributed by atoms with Gasteiger partial charge in [-0.05, 0) is 88.0 Å². The quantitative estimate of drug-likeness (QED) is 0.129. The maximum absolute atomic E-state index is 13.1. The third-order valence-electron chi connectivity index (χ3n) is 6.51. The second-order valence-electron chi connectivity index (χ2n) is 9.30. The summed E-state index contributed by atoms with van der Waals surface area (Å²) in [5.74, 6) is 3.11. The van der Waals surface area contributed by atoms with Gasteiger partial charge in [0.2, 0.25) is 0 Å². The van der Waals surface area contributed by atoms with Gasteiger partial charge in [-0.15, -0.1) is 11.8 Å². The minimum Gasteiger partial charge on any atom is -0.435 e. The predicted molar refractivity (Wildman–Crippen MR) is 150 cm³/mol. The monoisotopic (exact) mass is 545 g/mol. The minimum absolute atomic E-state index is 0.0727. The van der Waals surface area contributed by atoms with E-state index in [9.17, 15) is 8.78 Å². The number of aromatic nitrogens is 2. The van der Waals surface area contributed by atoms with E-state index in [-0.39, 0.29) is 11.7 Å². The molecular weight excluding hydrogens is 512 g/mol. The Labute approximate surface area is 226 Å². The number of hydrogen-bond acceptors (Lipinski definition) is 4. The van der Waals surface area contributed by atoms with Crippen molar-refractivity contribution in [3.8, 4) is 0 Å². The number of alkyl halides is 2. The molecule has 1 unspecified atom stereocenters. The Morgan fingerprint density at radius 1 is 1.27 bits per heavy atom. The molecule has 0 radical (unpaired) electrons. The molecule has 1 heterocycles. The number of H-pyrrole nitrogens is 1. The van der Waals surface area contributed by atoms with Crippen LogP contribution in [0.15, 0.2) is 59.2 Å². The molecule has 2 aromatic carbocycles. The molecule has 198 valence electrons. The van der Waals surface area contributed by atoms with Crippen LogP contribution in [-0.4, -0.2) is 35.9 Å². The maximum atomic E-state index is 13.1. The molecule has 1 atom stereocenters. The van der Waals surface area contributed by atoms with Crippen molar-refractivity contribution in [3.63, 3.8) is 0 Å². The number of halogens is 3. The van der Waals surface area contributed by atoms with Crippen LogP contribution in [0.3, 0.4) is 0 Å². The number of imidazole rings is 1. The zero-order chi connectivity index (χ0) is 26.4. The summed E-state index contributed by atoms with van der Waals surface area (Å²) >= 11 is 8.59. The van der Waals surface area contributed by atoms with Crippen LogP contribution in [0.4, 0.5) is 8.78 Å². The predicted octanol–water partition coefficient (Wildman–Crippen LogP) is 8.40. The number of ether oxygens (including phenoxy) is 1. The zero-order valence-corrected chi connectivity index (χ0v) is 23.1. The van der Waals surface area contributed by atoms with E-state index in [1.54, 1.807) is 6.92 Å². The van der Waals surface area contributed by atoms with E-state index >= 15 is 0 Å². The third kappa shape index (κ3) is 7.15. The van der Waals surface area contributed by atoms with Gasteiger partial charge in [0.1, 0.15) is 11.6 Å². The molecule has 1 aromatic heterocycles. The van der Waals surface area contributed by atoms with Crippen LogP contribution < -0.4 is 5.32 Å². The first-order valence-corrected chi connectivity index (χ1v) is 14.2. The second kappa shape index (κ2) is 12.9. The number of hydrogen-bond donors (Lipinski definition) is 2. The summed E-state index contributed by atoms with van der Waals surface area (Å²) in [7, 11) is 1.95. The van der Waals surface area contributed by atoms with E-state index in [4.69, 9.17) is 21.3 Å². The molecule has 4 nitrogen and oxygen atoms in total. The van der Waals surface area contributed by atoms with Crippen LogP contribution in [0.5, 0.6) is 0 Å². The number of nitrogens with zero attached hydrogens (tertiary/aromatic N) is 1. The summed E-state index contributed by atoms with van der Waals surface area (Å²) in [4.78, 5) is 9.70. The van der Waals surface area contributed by atoms with Crippen molar-refractivity contribution in [2.75, 3.05) is 19.3 Å². The molecule has 3 aromatic rings. The minimum atomic E-state index is -2.92. The lowest BCUT2D eigenvalue weighted by Gasteiger charge is -2.15. The van der Waals surface area contributed by atoms with Gasteiger partial charge in [-0.1, -0.05) is 36.7 Å². The fourth-order valence-corrected chi connectivity index (χ4v) is 5.75. The second-order valence-corrected chi connectivity index (χ2v) is 10.8. The van der Waals surface area contributed by atoms with E-state index in [0.29, 0.717) is 22.6 Å². The molecule has 1 aliphatic rings. The number of rotatable bonds is 13. The first-order valence-electron chi connectivity index (χ1n) is 12.8. The van der Waals surface area contributed by atoms with Gasteiger partial charge < -0.3 is 15.0 Å². The van der Waals surface area contributed by atoms with Crippen LogP contribution >= 0.6 is 23.4 Å². The lowest BCUT2D eigenvalue weighted by Crippen LogP contribution is -2.14. The Bertz CT molecular complexity index is 1250. The van der Waals surface area contributed by atoms with Crippen molar-refractivity contribution in [1.82, 2.24) is 15.3 Å². The van der Waals surface area contributed by atoms with Gasteiger partial charge in [-0.3, -0.25) is 0 Å². The molecule has 8 heteroatoms. The fourth-order valence-electron chi connectivity index (χ4n) is 4.40. The molecule has 0 spiro atoms. The smallest absolute Gasteiger partial charge is 0.387 e. The maximum Gasteiger partial charge on any atom is 0.387 e. The number of allylic oxidation sites excluding steroid dienone is 3. The van der Waals surface area contributed by atoms with Crippen LogP contribution in [0, 0.1) is 5.92 Å². The van der Waals surface area contributed by atoms with E-state index in [1.807, 2.05) is 43.9 Å². The molecule has 0 saturated heterocycles. The number of thioether (sulfide) groups is 1. The lowest BCUT2D eigenvalue weighted by molar-refractivity contribution is -0.0909. The largest absolute Gasteiger partial charge is 0.435 e. The van der Waals surface area contributed by atoms with E-state index in [2.05, 4.69) is 34.6 Å². The molecule has 37 heavy (non-hydrogen) atoms. The number of aromatic amines is 1. The molecule has 1 aliphatic carbocycles. The third-order valence-corrected chi connectivity index (χ3v) is 8.07. The van der Waals surface area contributed by atoms with Gasteiger partial charge in [0.25, 0.3) is 0 Å². The number of fused-ring (bicyclic) bond motifs is 1. The van der Waals surface area contributed by atoms with Crippen LogP contribution in [0.2, 0.25) is 5.02 Å². The highest BCUT2D eigenvalue weighted by molar-refractivity contribution is 7.99. The summed E-state index contributed by atoms with van der Waals surface area (Å²) in [5, 5.41) is 3.70. The van der Waals surface area contributed by atoms with Gasteiger partial charge in [-0.25, -0.2) is 4.98 Å². The Hall–Kier alpha value is -2.35. The molecule has 1 fully saturated rings. The Balaban J connectivity index is 1.66. The van der Waals surface area contributed by atoms with Gasteiger partial charge >= 0.3 is 6.61 Å². The van der Waals surface area contributed by atoms with Crippen molar-refractivity contribution < 1.29 is 13.5 Å². The molecular formula is C29H34ClF2N3OS. The van der Waals surface area contributed by atoms with Crippen LogP contribution in [-0.2, 0) is 4.74 Å². The first-order chi connectivity index (χ1) is 17.9. The molecule has 4 rings (SSSR count). The van der Waals surface area contributed by atoms with Crippen LogP contribution in [0.1, 0.15) is 62.4 Å². The first kappa shape index (κ1) is 27.7. The van der Waals surface area contributed by atoms with Crippen molar-refractivity contribution >= 4 is 40.0 Å². The molecule has 1 saturated carbocycles. The summed E-state index contributed by atoms with van der Waals surface area (Å²) in [6.07, 6.45) is 7.61. The summed E-state index contributed by atoms with van der Waals surface area (Å²) in [6, 6.07) is 12.5. The average Bonchev–Trinajstić information content (AvgIpc) is 3.63. The topological polar surface area (TPSA) is 49.9 Å². The average molecular weight is 546 g/mol. The van der Waals surface area contributed by atoms with Gasteiger partial charge in [0.05, 0.1) is 16.1 Å². The van der Waals surface area contributed by atoms with Crippen LogP contribution in [0.25, 0.3) is 16.6 Å². The SMILES string of the molecule is C/C=C(OC(F)F)\C(=C/CC)c1cc2nc(C(CCNC)c3ccc(SCC4CC4)cc3)[nH]c2cc1Cl. The lowest BCUT2D eigenvalue weighted by atomic mass is 9.95. The van der Waals surface area contributed by atoms with Crippen molar-refractivity contribution in [3.05, 3.63) is 76.3 Å². The molecule has 0 bridgehead atoms. The van der Waals surface area contributed by atoms with Gasteiger partial charge in [-0.2, -0.15) is 8.78 Å². The Morgan fingerprint density at radius 3 is 2.65 bits per heavy atom. The highest BCUT2D eigenvalue weighted by atomic mass is 35.5. The van der Waals surface area contributed by atoms with Gasteiger partial charge in [0.15, 0.2) is 0 Å². The molecule has 0 aliphatic heterocycles. The van der Waals surface area contributed by atoms with Crippen molar-refractivity contribution in [2.24, 2.45) is 5.92 Å². The highest BCUT2D eigenvalue weighted by Gasteiger charge is 2.23. The van der Waals surface area contributed by atoms with Gasteiger partial charge in [0, 0.05) is 27.7 Å². The van der Waals surface area contributed by atoms with Crippen molar-refractivity contribution in [2.45, 2.75) is 57.0 Å². The highest BCUT2D eigenvalue weighted by Crippen LogP contribution is 2.37. The Kier molecular flexibility index (Phi) is 9.68. The molecule has 0 amide bonds. The van der Waals surface area contributed by atoms with E-state index < -0.39 is 6.61 Å². The summed E-state index contributed by atoms with van der Waals surface area (Å²) in [6.45, 7) is 1.53. The number of nitrogens with one attached hydrogen (secondary N) is 2. The van der Waals surface area contributed by atoms with Crippen molar-refractivity contribution in [1.29, 1.82) is 0 Å². The standard InChI is InChI=1S/C29H34ClF2N3OS/c1-4-6-22(27(5-2)36-29(31)32)23-15-25-26(16-24(23)30)35-28(34-25)21(13-14-33-3)19-9-11-20(12-10-19)37-17-18-7-8-18/h5-6,9-12,15-16,18,21,29,33H,4,7-8,13-14,17H2,1-3H3,(H,34,35)/b22-6-,27-5+. The van der Waals surface area contributed by atoms with E-state index in [0.717, 1.165) is 35.7 Å². The van der Waals surface area contributed by atoms with E-state index in [1.165, 1.54) is 35.1 Å². The summed E-state index contributed by atoms with van der Waals surface area (Å²) < 4.78 is 30.9. The fraction of sp³-hybridized carbons (Fsp3) is 0.414.